The molecule has 54 heavy (non-hydrogen) atoms. The molecular weight excluding hydrogens is 705 g/mol. The minimum atomic E-state index is -4.62. The number of carbonyl (C=O) groups is 2. The number of carboxylic acids is 1. The summed E-state index contributed by atoms with van der Waals surface area (Å²) in [6.45, 7) is 3.69. The van der Waals surface area contributed by atoms with Crippen LogP contribution in [0.4, 0.5) is 0 Å². The molecule has 0 spiro atoms. The summed E-state index contributed by atoms with van der Waals surface area (Å²) >= 11 is 0. The summed E-state index contributed by atoms with van der Waals surface area (Å²) in [4.78, 5) is 33.4. The maximum atomic E-state index is 12.6. The van der Waals surface area contributed by atoms with E-state index in [4.69, 9.17) is 24.8 Å². The van der Waals surface area contributed by atoms with E-state index in [-0.39, 0.29) is 13.0 Å². The number of carbonyl (C=O) groups excluding carboxylic acids is 1. The third-order valence-electron chi connectivity index (χ3n) is 8.25. The van der Waals surface area contributed by atoms with E-state index in [0.29, 0.717) is 13.0 Å². The largest absolute Gasteiger partial charge is 0.480 e. The van der Waals surface area contributed by atoms with Gasteiger partial charge in [-0.05, 0) is 64.2 Å². The fourth-order valence-corrected chi connectivity index (χ4v) is 5.85. The summed E-state index contributed by atoms with van der Waals surface area (Å²) in [5, 5.41) is 8.87. The van der Waals surface area contributed by atoms with Gasteiger partial charge in [-0.1, -0.05) is 151 Å². The first kappa shape index (κ1) is 51.4. The molecule has 0 aromatic heterocycles. The van der Waals surface area contributed by atoms with Gasteiger partial charge in [-0.2, -0.15) is 0 Å². The Morgan fingerprint density at radius 2 is 1.07 bits per heavy atom. The number of ether oxygens (including phenoxy) is 2. The lowest BCUT2D eigenvalue weighted by atomic mass is 10.1. The molecule has 310 valence electrons. The van der Waals surface area contributed by atoms with Gasteiger partial charge in [-0.3, -0.25) is 18.6 Å². The van der Waals surface area contributed by atoms with Crippen LogP contribution in [0, 0.1) is 0 Å². The zero-order chi connectivity index (χ0) is 39.8. The number of hydrogen-bond acceptors (Lipinski definition) is 8. The van der Waals surface area contributed by atoms with Gasteiger partial charge >= 0.3 is 19.8 Å². The highest BCUT2D eigenvalue weighted by atomic mass is 31.2. The molecule has 0 rings (SSSR count). The standard InChI is InChI=1S/C43H74NO9P/c1-3-5-7-9-11-13-14-15-16-17-18-19-20-21-22-23-24-25-26-27-29-31-33-35-42(45)53-40(38-51-54(48,49)52-39-41(44)43(46)47)37-50-36-34-32-30-28-12-10-8-6-4-2/h5,7,11,13,15-16,18-19,21-22,24-25,40-41H,3-4,6,8-10,12,14,17,20,23,26-39,44H2,1-2H3,(H,46,47)(H,48,49)/b7-5-,13-11-,16-15-,19-18-,22-21-,25-24-. The second kappa shape index (κ2) is 38.7. The van der Waals surface area contributed by atoms with E-state index >= 15 is 0 Å². The van der Waals surface area contributed by atoms with Crippen LogP contribution >= 0.6 is 7.82 Å². The zero-order valence-electron chi connectivity index (χ0n) is 33.5. The maximum Gasteiger partial charge on any atom is 0.472 e. The Kier molecular flexibility index (Phi) is 36.8. The predicted molar refractivity (Wildman–Crippen MR) is 221 cm³/mol. The van der Waals surface area contributed by atoms with E-state index in [9.17, 15) is 19.0 Å². The van der Waals surface area contributed by atoms with Crippen LogP contribution in [0.2, 0.25) is 0 Å². The van der Waals surface area contributed by atoms with E-state index in [0.717, 1.165) is 83.5 Å². The quantitative estimate of drug-likeness (QED) is 0.0239. The Labute approximate surface area is 327 Å². The fourth-order valence-electron chi connectivity index (χ4n) is 5.08. The van der Waals surface area contributed by atoms with Crippen molar-refractivity contribution in [3.05, 3.63) is 72.9 Å². The molecule has 0 aliphatic carbocycles. The number of aliphatic carboxylic acids is 1. The summed E-state index contributed by atoms with van der Waals surface area (Å²) in [5.74, 6) is -1.81. The van der Waals surface area contributed by atoms with E-state index in [1.54, 1.807) is 0 Å². The molecule has 0 bridgehead atoms. The van der Waals surface area contributed by atoms with Gasteiger partial charge in [-0.25, -0.2) is 4.57 Å². The average Bonchev–Trinajstić information content (AvgIpc) is 3.15. The molecule has 0 aliphatic rings. The first-order chi connectivity index (χ1) is 26.2. The molecule has 0 saturated carbocycles. The summed E-state index contributed by atoms with van der Waals surface area (Å²) in [6, 6.07) is -1.48. The number of nitrogens with two attached hydrogens (primary N) is 1. The smallest absolute Gasteiger partial charge is 0.472 e. The Morgan fingerprint density at radius 3 is 1.61 bits per heavy atom. The monoisotopic (exact) mass is 780 g/mol. The second-order valence-corrected chi connectivity index (χ2v) is 14.8. The van der Waals surface area contributed by atoms with E-state index < -0.39 is 45.1 Å². The Hall–Kier alpha value is -2.59. The van der Waals surface area contributed by atoms with Gasteiger partial charge in [0.2, 0.25) is 0 Å². The molecule has 0 aromatic carbocycles. The summed E-state index contributed by atoms with van der Waals surface area (Å²) in [5.41, 5.74) is 5.34. The van der Waals surface area contributed by atoms with Crippen molar-refractivity contribution in [2.24, 2.45) is 5.73 Å². The van der Waals surface area contributed by atoms with Gasteiger partial charge < -0.3 is 25.2 Å². The molecule has 0 saturated heterocycles. The zero-order valence-corrected chi connectivity index (χ0v) is 34.4. The number of phosphoric ester groups is 1. The van der Waals surface area contributed by atoms with Gasteiger partial charge in [-0.15, -0.1) is 0 Å². The van der Waals surface area contributed by atoms with Crippen molar-refractivity contribution < 1.29 is 42.7 Å². The first-order valence-electron chi connectivity index (χ1n) is 20.5. The third kappa shape index (κ3) is 37.7. The van der Waals surface area contributed by atoms with Gasteiger partial charge in [0.05, 0.1) is 19.8 Å². The molecule has 3 atom stereocenters. The van der Waals surface area contributed by atoms with Gasteiger partial charge in [0.1, 0.15) is 12.1 Å². The Balaban J connectivity index is 4.27. The fraction of sp³-hybridized carbons (Fsp3) is 0.674. The van der Waals surface area contributed by atoms with Crippen LogP contribution in [0.25, 0.3) is 0 Å². The summed E-state index contributed by atoms with van der Waals surface area (Å²) < 4.78 is 33.2. The van der Waals surface area contributed by atoms with Crippen LogP contribution in [-0.4, -0.2) is 60.5 Å². The second-order valence-electron chi connectivity index (χ2n) is 13.4. The Morgan fingerprint density at radius 1 is 0.611 bits per heavy atom. The van der Waals surface area contributed by atoms with Crippen molar-refractivity contribution >= 4 is 19.8 Å². The molecular formula is C43H74NO9P. The van der Waals surface area contributed by atoms with Crippen molar-refractivity contribution in [3.8, 4) is 0 Å². The molecule has 3 unspecified atom stereocenters. The van der Waals surface area contributed by atoms with Crippen molar-refractivity contribution in [3.63, 3.8) is 0 Å². The molecule has 10 nitrogen and oxygen atoms in total. The van der Waals surface area contributed by atoms with Crippen LogP contribution in [0.5, 0.6) is 0 Å². The van der Waals surface area contributed by atoms with Crippen molar-refractivity contribution in [1.82, 2.24) is 0 Å². The molecule has 4 N–H and O–H groups in total. The van der Waals surface area contributed by atoms with Crippen LogP contribution < -0.4 is 5.73 Å². The topological polar surface area (TPSA) is 155 Å². The minimum absolute atomic E-state index is 0.00333. The molecule has 0 heterocycles. The summed E-state index contributed by atoms with van der Waals surface area (Å²) in [7, 11) is -4.62. The van der Waals surface area contributed by atoms with Crippen LogP contribution in [0.3, 0.4) is 0 Å². The van der Waals surface area contributed by atoms with Crippen LogP contribution in [-0.2, 0) is 32.7 Å². The molecule has 0 fully saturated rings. The lowest BCUT2D eigenvalue weighted by Crippen LogP contribution is -2.34. The highest BCUT2D eigenvalue weighted by Crippen LogP contribution is 2.43. The van der Waals surface area contributed by atoms with E-state index in [2.05, 4.69) is 91.3 Å². The number of unbranched alkanes of at least 4 members (excludes halogenated alkanes) is 12. The first-order valence-corrected chi connectivity index (χ1v) is 22.0. The van der Waals surface area contributed by atoms with Crippen molar-refractivity contribution in [2.45, 2.75) is 161 Å². The maximum absolute atomic E-state index is 12.6. The normalized spacial score (nSPS) is 14.7. The molecule has 0 radical (unpaired) electrons. The number of hydrogen-bond donors (Lipinski definition) is 3. The van der Waals surface area contributed by atoms with Gasteiger partial charge in [0, 0.05) is 13.0 Å². The molecule has 11 heteroatoms. The summed E-state index contributed by atoms with van der Waals surface area (Å²) in [6.07, 6.45) is 46.7. The number of carboxylic acid groups (broad SMARTS) is 1. The molecule has 0 amide bonds. The number of rotatable bonds is 38. The number of esters is 1. The Bertz CT molecular complexity index is 1130. The SMILES string of the molecule is CC/C=C\C/C=C\C/C=C\C/C=C\C/C=C\C/C=C\CCCCCCC(=O)OC(COCCCCCCCCCCC)COP(=O)(O)OCC(N)C(=O)O. The minimum Gasteiger partial charge on any atom is -0.480 e. The highest BCUT2D eigenvalue weighted by molar-refractivity contribution is 7.47. The predicted octanol–water partition coefficient (Wildman–Crippen LogP) is 11.0. The van der Waals surface area contributed by atoms with Crippen molar-refractivity contribution in [2.75, 3.05) is 26.4 Å². The van der Waals surface area contributed by atoms with E-state index in [1.807, 2.05) is 0 Å². The van der Waals surface area contributed by atoms with Crippen molar-refractivity contribution in [1.29, 1.82) is 0 Å². The van der Waals surface area contributed by atoms with Gasteiger partial charge in [0.15, 0.2) is 0 Å². The highest BCUT2D eigenvalue weighted by Gasteiger charge is 2.27. The third-order valence-corrected chi connectivity index (χ3v) is 9.20. The molecule has 0 aliphatic heterocycles. The lowest BCUT2D eigenvalue weighted by Gasteiger charge is -2.20. The lowest BCUT2D eigenvalue weighted by molar-refractivity contribution is -0.154. The molecule has 0 aromatic rings. The van der Waals surface area contributed by atoms with Crippen LogP contribution in [0.1, 0.15) is 149 Å². The van der Waals surface area contributed by atoms with Crippen LogP contribution in [0.15, 0.2) is 72.9 Å². The number of phosphoric acid groups is 1. The number of allylic oxidation sites excluding steroid dienone is 12. The average molecular weight is 780 g/mol. The van der Waals surface area contributed by atoms with E-state index in [1.165, 1.54) is 38.5 Å². The van der Waals surface area contributed by atoms with Gasteiger partial charge in [0.25, 0.3) is 0 Å².